The van der Waals surface area contributed by atoms with Gasteiger partial charge in [-0.2, -0.15) is 0 Å². The second-order valence-corrected chi connectivity index (χ2v) is 10.1. The van der Waals surface area contributed by atoms with Gasteiger partial charge in [0.05, 0.1) is 5.52 Å². The maximum Gasteiger partial charge on any atom is 0.249 e. The predicted molar refractivity (Wildman–Crippen MR) is 147 cm³/mol. The summed E-state index contributed by atoms with van der Waals surface area (Å²) in [7, 11) is 0. The number of benzene rings is 3. The molecule has 0 unspecified atom stereocenters. The maximum atomic E-state index is 15.4. The third-order valence-corrected chi connectivity index (χ3v) is 7.44. The van der Waals surface area contributed by atoms with Crippen molar-refractivity contribution in [1.82, 2.24) is 20.3 Å². The van der Waals surface area contributed by atoms with Crippen molar-refractivity contribution in [1.29, 1.82) is 0 Å². The summed E-state index contributed by atoms with van der Waals surface area (Å²) in [5.41, 5.74) is 1.79. The van der Waals surface area contributed by atoms with Gasteiger partial charge in [0.2, 0.25) is 11.8 Å². The zero-order valence-corrected chi connectivity index (χ0v) is 22.0. The number of hydrogen-bond donors (Lipinski definition) is 1. The molecular formula is C30H30FN5O4. The van der Waals surface area contributed by atoms with Crippen LogP contribution in [0.4, 0.5) is 10.1 Å². The summed E-state index contributed by atoms with van der Waals surface area (Å²) in [5, 5.41) is 11.4. The average molecular weight is 544 g/mol. The summed E-state index contributed by atoms with van der Waals surface area (Å²) in [6, 6.07) is 17.1. The van der Waals surface area contributed by atoms with Gasteiger partial charge >= 0.3 is 0 Å². The van der Waals surface area contributed by atoms with Crippen molar-refractivity contribution in [3.05, 3.63) is 78.1 Å². The van der Waals surface area contributed by atoms with Crippen LogP contribution < -0.4 is 19.7 Å². The number of nitrogens with one attached hydrogen (secondary N) is 1. The third-order valence-electron chi connectivity index (χ3n) is 7.44. The molecule has 6 rings (SSSR count). The van der Waals surface area contributed by atoms with Gasteiger partial charge in [0.15, 0.2) is 11.5 Å². The molecule has 40 heavy (non-hydrogen) atoms. The van der Waals surface area contributed by atoms with Crippen LogP contribution in [0.1, 0.15) is 43.7 Å². The number of anilines is 1. The molecular weight excluding hydrogens is 513 g/mol. The highest BCUT2D eigenvalue weighted by Crippen LogP contribution is 2.38. The first-order valence-electron chi connectivity index (χ1n) is 13.6. The first-order valence-corrected chi connectivity index (χ1v) is 13.6. The van der Waals surface area contributed by atoms with Crippen LogP contribution in [0.2, 0.25) is 0 Å². The van der Waals surface area contributed by atoms with Crippen molar-refractivity contribution in [3.63, 3.8) is 0 Å². The molecule has 1 fully saturated rings. The Hall–Kier alpha value is -4.47. The number of ether oxygens (including phenoxy) is 2. The molecule has 1 aromatic heterocycles. The fourth-order valence-electron chi connectivity index (χ4n) is 5.48. The minimum atomic E-state index is -1.27. The summed E-state index contributed by atoms with van der Waals surface area (Å²) in [4.78, 5) is 29.6. The number of halogens is 1. The van der Waals surface area contributed by atoms with Crippen LogP contribution in [0, 0.1) is 5.82 Å². The van der Waals surface area contributed by atoms with E-state index in [0.717, 1.165) is 32.1 Å². The number of nitrogens with zero attached hydrogens (tertiary/aromatic N) is 4. The Morgan fingerprint density at radius 3 is 2.55 bits per heavy atom. The number of para-hydroxylation sites is 1. The average Bonchev–Trinajstić information content (AvgIpc) is 3.39. The van der Waals surface area contributed by atoms with Gasteiger partial charge in [0.25, 0.3) is 0 Å². The number of hydrogen-bond acceptors (Lipinski definition) is 6. The number of rotatable bonds is 7. The van der Waals surface area contributed by atoms with Gasteiger partial charge < -0.3 is 14.8 Å². The SMILES string of the molecule is O=C(NC1CCCCC1)[C@@H](c1ccccc1F)N(C(=O)Cn1nnc2ccccc21)c1ccc2c(c1)OCCO2. The summed E-state index contributed by atoms with van der Waals surface area (Å²) >= 11 is 0. The van der Waals surface area contributed by atoms with Gasteiger partial charge in [-0.15, -0.1) is 5.10 Å². The van der Waals surface area contributed by atoms with E-state index in [4.69, 9.17) is 9.47 Å². The van der Waals surface area contributed by atoms with E-state index < -0.39 is 23.7 Å². The Morgan fingerprint density at radius 2 is 1.73 bits per heavy atom. The van der Waals surface area contributed by atoms with Crippen LogP contribution in [0.5, 0.6) is 11.5 Å². The Labute approximate surface area is 230 Å². The zero-order chi connectivity index (χ0) is 27.5. The van der Waals surface area contributed by atoms with Crippen LogP contribution >= 0.6 is 0 Å². The number of fused-ring (bicyclic) bond motifs is 2. The van der Waals surface area contributed by atoms with E-state index in [1.807, 2.05) is 24.3 Å². The van der Waals surface area contributed by atoms with Crippen LogP contribution in [-0.2, 0) is 16.1 Å². The van der Waals surface area contributed by atoms with Crippen molar-refractivity contribution in [2.24, 2.45) is 0 Å². The van der Waals surface area contributed by atoms with Gasteiger partial charge in [-0.05, 0) is 43.2 Å². The molecule has 206 valence electrons. The van der Waals surface area contributed by atoms with E-state index in [0.29, 0.717) is 41.4 Å². The summed E-state index contributed by atoms with van der Waals surface area (Å²) in [6.45, 7) is 0.556. The third kappa shape index (κ3) is 5.21. The summed E-state index contributed by atoms with van der Waals surface area (Å²) < 4.78 is 28.3. The molecule has 2 heterocycles. The fraction of sp³-hybridized carbons (Fsp3) is 0.333. The van der Waals surface area contributed by atoms with Crippen LogP contribution in [-0.4, -0.2) is 46.1 Å². The fourth-order valence-corrected chi connectivity index (χ4v) is 5.48. The van der Waals surface area contributed by atoms with Gasteiger partial charge in [-0.3, -0.25) is 14.5 Å². The van der Waals surface area contributed by atoms with Crippen molar-refractivity contribution in [2.75, 3.05) is 18.1 Å². The molecule has 0 spiro atoms. The molecule has 1 aliphatic heterocycles. The van der Waals surface area contributed by atoms with Gasteiger partial charge in [0.1, 0.15) is 37.1 Å². The van der Waals surface area contributed by atoms with E-state index in [1.54, 1.807) is 36.4 Å². The largest absolute Gasteiger partial charge is 0.486 e. The number of carbonyl (C=O) groups excluding carboxylic acids is 2. The molecule has 1 atom stereocenters. The minimum Gasteiger partial charge on any atom is -0.486 e. The minimum absolute atomic E-state index is 0.0352. The molecule has 1 N–H and O–H groups in total. The van der Waals surface area contributed by atoms with Gasteiger partial charge in [-0.25, -0.2) is 9.07 Å². The van der Waals surface area contributed by atoms with E-state index in [-0.39, 0.29) is 18.2 Å². The molecule has 0 saturated heterocycles. The molecule has 2 aliphatic rings. The van der Waals surface area contributed by atoms with Crippen molar-refractivity contribution in [2.45, 2.75) is 50.7 Å². The van der Waals surface area contributed by atoms with Gasteiger partial charge in [-0.1, -0.05) is 54.8 Å². The normalized spacial score (nSPS) is 15.9. The highest BCUT2D eigenvalue weighted by atomic mass is 19.1. The smallest absolute Gasteiger partial charge is 0.249 e. The Balaban J connectivity index is 1.44. The van der Waals surface area contributed by atoms with Crippen LogP contribution in [0.25, 0.3) is 11.0 Å². The summed E-state index contributed by atoms with van der Waals surface area (Å²) in [5.74, 6) is -0.484. The molecule has 0 bridgehead atoms. The van der Waals surface area contributed by atoms with Crippen molar-refractivity contribution >= 4 is 28.5 Å². The van der Waals surface area contributed by atoms with Crippen molar-refractivity contribution < 1.29 is 23.5 Å². The number of aromatic nitrogens is 3. The predicted octanol–water partition coefficient (Wildman–Crippen LogP) is 4.57. The highest BCUT2D eigenvalue weighted by Gasteiger charge is 2.36. The van der Waals surface area contributed by atoms with E-state index in [1.165, 1.54) is 15.6 Å². The van der Waals surface area contributed by atoms with E-state index in [2.05, 4.69) is 15.6 Å². The number of carbonyl (C=O) groups is 2. The lowest BCUT2D eigenvalue weighted by Gasteiger charge is -2.34. The molecule has 2 amide bonds. The monoisotopic (exact) mass is 543 g/mol. The van der Waals surface area contributed by atoms with E-state index in [9.17, 15) is 9.59 Å². The standard InChI is InChI=1S/C30H30FN5O4/c31-23-11-5-4-10-22(23)29(30(38)32-20-8-2-1-3-9-20)36(21-14-15-26-27(18-21)40-17-16-39-26)28(37)19-35-25-13-7-6-12-24(25)33-34-35/h4-7,10-15,18,20,29H,1-3,8-9,16-17,19H2,(H,32,38)/t29-/m1/s1. The molecule has 10 heteroatoms. The molecule has 1 saturated carbocycles. The molecule has 1 aliphatic carbocycles. The van der Waals surface area contributed by atoms with E-state index >= 15 is 4.39 Å². The second kappa shape index (κ2) is 11.3. The zero-order valence-electron chi connectivity index (χ0n) is 22.0. The molecule has 3 aromatic carbocycles. The summed E-state index contributed by atoms with van der Waals surface area (Å²) in [6.07, 6.45) is 4.84. The first kappa shape index (κ1) is 25.8. The second-order valence-electron chi connectivity index (χ2n) is 10.1. The first-order chi connectivity index (χ1) is 19.6. The Bertz CT molecular complexity index is 1530. The lowest BCUT2D eigenvalue weighted by Crippen LogP contribution is -2.48. The molecule has 4 aromatic rings. The van der Waals surface area contributed by atoms with Crippen LogP contribution in [0.15, 0.2) is 66.7 Å². The lowest BCUT2D eigenvalue weighted by atomic mass is 9.94. The van der Waals surface area contributed by atoms with Crippen LogP contribution in [0.3, 0.4) is 0 Å². The Morgan fingerprint density at radius 1 is 0.975 bits per heavy atom. The topological polar surface area (TPSA) is 98.6 Å². The quantitative estimate of drug-likeness (QED) is 0.367. The lowest BCUT2D eigenvalue weighted by molar-refractivity contribution is -0.127. The maximum absolute atomic E-state index is 15.4. The highest BCUT2D eigenvalue weighted by molar-refractivity contribution is 6.02. The Kier molecular flexibility index (Phi) is 7.31. The van der Waals surface area contributed by atoms with Crippen molar-refractivity contribution in [3.8, 4) is 11.5 Å². The molecule has 0 radical (unpaired) electrons. The van der Waals surface area contributed by atoms with Gasteiger partial charge in [0, 0.05) is 23.4 Å². The molecule has 9 nitrogen and oxygen atoms in total. The number of amides is 2.